The average molecular weight is 133 g/mol. The Morgan fingerprint density at radius 3 is 1.67 bits per heavy atom. The zero-order valence-corrected chi connectivity index (χ0v) is 4.52. The Bertz CT molecular complexity index is 34.5. The fourth-order valence-corrected chi connectivity index (χ4v) is 0. The largest absolute Gasteiger partial charge is 0.481 e. The molecule has 0 aromatic rings. The van der Waals surface area contributed by atoms with Crippen LogP contribution in [0.1, 0.15) is 6.92 Å². The predicted molar refractivity (Wildman–Crippen MR) is 18.3 cm³/mol. The van der Waals surface area contributed by atoms with Crippen LogP contribution in [-0.4, -0.2) is 11.1 Å². The van der Waals surface area contributed by atoms with E-state index >= 15 is 0 Å². The molecule has 3 nitrogen and oxygen atoms in total. The minimum atomic E-state index is -0.833. The second-order valence-electron chi connectivity index (χ2n) is 0.519. The van der Waals surface area contributed by atoms with Crippen molar-refractivity contribution in [2.45, 2.75) is 6.92 Å². The van der Waals surface area contributed by atoms with Gasteiger partial charge in [0.15, 0.2) is 0 Å². The van der Waals surface area contributed by atoms with Crippen LogP contribution in [-0.2, 0) is 21.9 Å². The molecule has 0 fully saturated rings. The Hall–Kier alpha value is -0.0505. The summed E-state index contributed by atoms with van der Waals surface area (Å²) >= 11 is 0. The van der Waals surface area contributed by atoms with E-state index in [9.17, 15) is 0 Å². The van der Waals surface area contributed by atoms with Crippen molar-refractivity contribution in [3.8, 4) is 0 Å². The fraction of sp³-hybridized carbons (Fsp3) is 0.500. The van der Waals surface area contributed by atoms with E-state index in [-0.39, 0.29) is 23.2 Å². The summed E-state index contributed by atoms with van der Waals surface area (Å²) in [6, 6.07) is 0. The first-order valence-corrected chi connectivity index (χ1v) is 0.928. The summed E-state index contributed by atoms with van der Waals surface area (Å²) in [5.74, 6) is -0.833. The van der Waals surface area contributed by atoms with Crippen LogP contribution in [0.15, 0.2) is 0 Å². The molecule has 0 spiro atoms. The van der Waals surface area contributed by atoms with Gasteiger partial charge in [-0.3, -0.25) is 4.79 Å². The van der Waals surface area contributed by atoms with Gasteiger partial charge in [-0.25, -0.2) is 0 Å². The third-order valence-corrected chi connectivity index (χ3v) is 0. The van der Waals surface area contributed by atoms with E-state index in [2.05, 4.69) is 0 Å². The second kappa shape index (κ2) is 8.87. The van der Waals surface area contributed by atoms with Crippen LogP contribution in [0.2, 0.25) is 0 Å². The first kappa shape index (κ1) is 16.8. The molecule has 6 heavy (non-hydrogen) atoms. The summed E-state index contributed by atoms with van der Waals surface area (Å²) < 4.78 is 0. The zero-order chi connectivity index (χ0) is 3.58. The molecule has 0 unspecified atom stereocenters. The zero-order valence-electron chi connectivity index (χ0n) is 3.42. The van der Waals surface area contributed by atoms with Crippen molar-refractivity contribution in [1.29, 1.82) is 0 Å². The first-order chi connectivity index (χ1) is 1.73. The van der Waals surface area contributed by atoms with E-state index in [1.807, 2.05) is 0 Å². The van der Waals surface area contributed by atoms with Crippen molar-refractivity contribution in [2.24, 2.45) is 0 Å². The van der Waals surface area contributed by atoms with Gasteiger partial charge >= 0.3 is 0 Å². The van der Waals surface area contributed by atoms with Crippen molar-refractivity contribution in [1.82, 2.24) is 6.15 Å². The van der Waals surface area contributed by atoms with Crippen LogP contribution in [0.3, 0.4) is 0 Å². The van der Waals surface area contributed by atoms with Gasteiger partial charge in [-0.1, -0.05) is 0 Å². The van der Waals surface area contributed by atoms with Gasteiger partial charge in [-0.15, -0.1) is 0 Å². The first-order valence-electron chi connectivity index (χ1n) is 0.928. The fourth-order valence-electron chi connectivity index (χ4n) is 0. The molecule has 40 valence electrons. The molecule has 0 aromatic carbocycles. The molecule has 0 saturated carbocycles. The molecule has 0 bridgehead atoms. The van der Waals surface area contributed by atoms with Crippen molar-refractivity contribution < 1.29 is 27.0 Å². The van der Waals surface area contributed by atoms with Crippen LogP contribution in [0.5, 0.6) is 0 Å². The van der Waals surface area contributed by atoms with Gasteiger partial charge < -0.3 is 11.3 Å². The Labute approximate surface area is 46.8 Å². The molecule has 0 aliphatic heterocycles. The van der Waals surface area contributed by atoms with E-state index in [1.54, 1.807) is 0 Å². The minimum Gasteiger partial charge on any atom is -0.481 e. The van der Waals surface area contributed by atoms with Gasteiger partial charge in [0.25, 0.3) is 5.97 Å². The van der Waals surface area contributed by atoms with Crippen molar-refractivity contribution >= 4 is 5.97 Å². The van der Waals surface area contributed by atoms with Gasteiger partial charge in [0.2, 0.25) is 0 Å². The van der Waals surface area contributed by atoms with Crippen LogP contribution >= 0.6 is 0 Å². The number of carboxylic acid groups (broad SMARTS) is 1. The third kappa shape index (κ3) is 13500. The quantitative estimate of drug-likeness (QED) is 0.465. The number of aliphatic carboxylic acids is 1. The predicted octanol–water partition coefficient (Wildman–Crippen LogP) is 0.250. The smallest absolute Gasteiger partial charge is 0.300 e. The summed E-state index contributed by atoms with van der Waals surface area (Å²) in [5, 5.41) is 7.42. The van der Waals surface area contributed by atoms with E-state index in [0.717, 1.165) is 6.92 Å². The maximum Gasteiger partial charge on any atom is 0.300 e. The molecule has 4 heteroatoms. The summed E-state index contributed by atoms with van der Waals surface area (Å²) in [6.07, 6.45) is 0. The molecular formula is C2H7FeNO2. The van der Waals surface area contributed by atoms with Gasteiger partial charge in [0.05, 0.1) is 0 Å². The second-order valence-corrected chi connectivity index (χ2v) is 0.519. The van der Waals surface area contributed by atoms with Crippen molar-refractivity contribution in [3.63, 3.8) is 0 Å². The molecule has 4 N–H and O–H groups in total. The van der Waals surface area contributed by atoms with Crippen molar-refractivity contribution in [3.05, 3.63) is 0 Å². The minimum absolute atomic E-state index is 0. The molecule has 0 atom stereocenters. The van der Waals surface area contributed by atoms with Gasteiger partial charge in [-0.2, -0.15) is 0 Å². The summed E-state index contributed by atoms with van der Waals surface area (Å²) in [5.41, 5.74) is 0. The molecular weight excluding hydrogens is 126 g/mol. The summed E-state index contributed by atoms with van der Waals surface area (Å²) in [6.45, 7) is 1.08. The number of carbonyl (C=O) groups is 1. The molecule has 0 aliphatic carbocycles. The van der Waals surface area contributed by atoms with Gasteiger partial charge in [0.1, 0.15) is 0 Å². The van der Waals surface area contributed by atoms with E-state index in [0.29, 0.717) is 0 Å². The molecule has 0 rings (SSSR count). The standard InChI is InChI=1S/C2H4O2.Fe.H3N/c1-2(3)4;;/h1H3,(H,3,4);;1H3. The normalized spacial score (nSPS) is 4.17. The molecule has 0 radical (unpaired) electrons. The SMILES string of the molecule is CC(=O)O.N.[Fe]. The van der Waals surface area contributed by atoms with Crippen LogP contribution < -0.4 is 6.15 Å². The molecule has 0 aromatic heterocycles. The van der Waals surface area contributed by atoms with E-state index < -0.39 is 5.97 Å². The number of carboxylic acids is 1. The molecule has 0 aliphatic rings. The number of rotatable bonds is 0. The van der Waals surface area contributed by atoms with Crippen molar-refractivity contribution in [2.75, 3.05) is 0 Å². The number of hydrogen-bond donors (Lipinski definition) is 2. The van der Waals surface area contributed by atoms with Crippen LogP contribution in [0, 0.1) is 0 Å². The Morgan fingerprint density at radius 2 is 1.67 bits per heavy atom. The van der Waals surface area contributed by atoms with Crippen LogP contribution in [0.25, 0.3) is 0 Å². The Balaban J connectivity index is -0.0000000450. The molecule has 0 saturated heterocycles. The summed E-state index contributed by atoms with van der Waals surface area (Å²) in [7, 11) is 0. The molecule has 0 heterocycles. The average Bonchev–Trinajstić information content (AvgIpc) is 0.811. The third-order valence-electron chi connectivity index (χ3n) is 0. The monoisotopic (exact) mass is 133 g/mol. The number of hydrogen-bond acceptors (Lipinski definition) is 2. The van der Waals surface area contributed by atoms with E-state index in [4.69, 9.17) is 9.90 Å². The maximum atomic E-state index is 9.00. The maximum absolute atomic E-state index is 9.00. The Kier molecular flexibility index (Phi) is 24.8. The van der Waals surface area contributed by atoms with Gasteiger partial charge in [0, 0.05) is 24.0 Å². The van der Waals surface area contributed by atoms with Gasteiger partial charge in [-0.05, 0) is 0 Å². The summed E-state index contributed by atoms with van der Waals surface area (Å²) in [4.78, 5) is 9.00. The van der Waals surface area contributed by atoms with Crippen LogP contribution in [0.4, 0.5) is 0 Å². The Morgan fingerprint density at radius 1 is 1.67 bits per heavy atom. The topological polar surface area (TPSA) is 72.3 Å². The van der Waals surface area contributed by atoms with E-state index in [1.165, 1.54) is 0 Å². The molecule has 0 amide bonds.